The lowest BCUT2D eigenvalue weighted by Crippen LogP contribution is -2.26. The van der Waals surface area contributed by atoms with Crippen LogP contribution < -0.4 is 15.4 Å². The predicted octanol–water partition coefficient (Wildman–Crippen LogP) is 8.49. The van der Waals surface area contributed by atoms with Crippen molar-refractivity contribution in [3.05, 3.63) is 6.33 Å². The summed E-state index contributed by atoms with van der Waals surface area (Å²) in [6.45, 7) is 12.6. The number of rotatable bonds is 26. The van der Waals surface area contributed by atoms with Crippen LogP contribution in [0, 0.1) is 0 Å². The van der Waals surface area contributed by atoms with Gasteiger partial charge in [-0.05, 0) is 38.7 Å². The maximum absolute atomic E-state index is 12.4. The van der Waals surface area contributed by atoms with E-state index in [1.807, 2.05) is 33.1 Å². The number of imidazole rings is 1. The lowest BCUT2D eigenvalue weighted by molar-refractivity contribution is -0.152. The van der Waals surface area contributed by atoms with Gasteiger partial charge in [0.1, 0.15) is 18.1 Å². The van der Waals surface area contributed by atoms with Crippen molar-refractivity contribution in [2.45, 2.75) is 166 Å². The normalized spacial score (nSPS) is 20.2. The summed E-state index contributed by atoms with van der Waals surface area (Å²) in [4.78, 5) is 50.1. The Kier molecular flexibility index (Phi) is 18.7. The molecule has 2 N–H and O–H groups in total. The van der Waals surface area contributed by atoms with E-state index in [9.17, 15) is 14.4 Å². The lowest BCUT2D eigenvalue weighted by atomic mass is 10.1. The van der Waals surface area contributed by atoms with E-state index in [0.29, 0.717) is 54.1 Å². The second kappa shape index (κ2) is 22.9. The number of hydrogen-bond donors (Lipinski definition) is 2. The highest BCUT2D eigenvalue weighted by Gasteiger charge is 2.39. The first kappa shape index (κ1) is 43.4. The van der Waals surface area contributed by atoms with Crippen LogP contribution >= 0.6 is 21.6 Å². The monoisotopic (exact) mass is 792 g/mol. The van der Waals surface area contributed by atoms with Crippen LogP contribution in [0.4, 0.5) is 5.95 Å². The number of ether oxygens (including phenoxy) is 3. The van der Waals surface area contributed by atoms with E-state index in [0.717, 1.165) is 44.8 Å². The number of carbonyl (C=O) groups excluding carboxylic acids is 3. The number of fused-ring (bicyclic) bond motifs is 1. The van der Waals surface area contributed by atoms with Gasteiger partial charge in [0.25, 0.3) is 0 Å². The second-order valence-corrected chi connectivity index (χ2v) is 24.1. The standard InChI is InChI=1S/C38H64N6O6S2Si/c1-6-30-31(50-34(47)18-17-28(2)45)26-33(49-30)44-27-41-35-36(44)42-38(43-37(35)48-22-24-53(3,4)5)40-21-16-14-12-10-8-7-9-11-13-15-20-39-32(46)25-29-19-23-51-52-29/h27,29-31,33H,6-26H2,1-5H3,(H,39,46)(H,40,42,43)/t29?,30-,31-,33-/m1/s1. The van der Waals surface area contributed by atoms with E-state index in [4.69, 9.17) is 24.2 Å². The van der Waals surface area contributed by atoms with Crippen molar-refractivity contribution < 1.29 is 28.6 Å². The van der Waals surface area contributed by atoms with Crippen molar-refractivity contribution >= 4 is 64.4 Å². The summed E-state index contributed by atoms with van der Waals surface area (Å²) in [7, 11) is 2.43. The minimum atomic E-state index is -1.32. The number of hydrogen-bond acceptors (Lipinski definition) is 12. The fourth-order valence-corrected chi connectivity index (χ4v) is 10.1. The van der Waals surface area contributed by atoms with Gasteiger partial charge in [0.05, 0.1) is 25.5 Å². The fraction of sp³-hybridized carbons (Fsp3) is 0.789. The van der Waals surface area contributed by atoms with Crippen LogP contribution in [-0.4, -0.2) is 88.2 Å². The number of carbonyl (C=O) groups is 3. The predicted molar refractivity (Wildman–Crippen MR) is 218 cm³/mol. The first-order valence-electron chi connectivity index (χ1n) is 20.0. The van der Waals surface area contributed by atoms with Crippen LogP contribution in [0.2, 0.25) is 25.7 Å². The van der Waals surface area contributed by atoms with Gasteiger partial charge in [-0.25, -0.2) is 4.98 Å². The molecule has 0 aliphatic carbocycles. The van der Waals surface area contributed by atoms with Gasteiger partial charge in [-0.3, -0.25) is 14.2 Å². The molecule has 298 valence electrons. The quantitative estimate of drug-likeness (QED) is 0.0408. The Bertz CT molecular complexity index is 1440. The molecule has 4 atom stereocenters. The number of aromatic nitrogens is 4. The molecule has 2 aliphatic rings. The zero-order valence-electron chi connectivity index (χ0n) is 32.8. The maximum Gasteiger partial charge on any atom is 0.306 e. The molecule has 1 amide bonds. The summed E-state index contributed by atoms with van der Waals surface area (Å²) in [6, 6.07) is 1.00. The lowest BCUT2D eigenvalue weighted by Gasteiger charge is -2.17. The molecule has 2 fully saturated rings. The molecule has 0 radical (unpaired) electrons. The van der Waals surface area contributed by atoms with Crippen LogP contribution in [0.1, 0.15) is 123 Å². The van der Waals surface area contributed by atoms with E-state index < -0.39 is 20.4 Å². The molecule has 2 aromatic rings. The van der Waals surface area contributed by atoms with Gasteiger partial charge in [-0.15, -0.1) is 0 Å². The molecule has 0 saturated carbocycles. The van der Waals surface area contributed by atoms with Crippen molar-refractivity contribution in [2.75, 3.05) is 30.8 Å². The molecule has 15 heteroatoms. The Morgan fingerprint density at radius 1 is 0.981 bits per heavy atom. The van der Waals surface area contributed by atoms with Crippen molar-refractivity contribution in [3.8, 4) is 5.88 Å². The molecule has 12 nitrogen and oxygen atoms in total. The van der Waals surface area contributed by atoms with Crippen molar-refractivity contribution in [2.24, 2.45) is 0 Å². The summed E-state index contributed by atoms with van der Waals surface area (Å²) in [5.74, 6) is 1.94. The van der Waals surface area contributed by atoms with Crippen molar-refractivity contribution in [1.82, 2.24) is 24.8 Å². The summed E-state index contributed by atoms with van der Waals surface area (Å²) in [6.07, 6.45) is 15.8. The van der Waals surface area contributed by atoms with E-state index in [-0.39, 0.29) is 36.6 Å². The fourth-order valence-electron chi connectivity index (χ4n) is 6.48. The summed E-state index contributed by atoms with van der Waals surface area (Å²) in [5, 5.41) is 7.03. The Morgan fingerprint density at radius 3 is 2.32 bits per heavy atom. The van der Waals surface area contributed by atoms with E-state index in [1.54, 1.807) is 6.33 Å². The van der Waals surface area contributed by atoms with Crippen LogP contribution in [-0.2, 0) is 23.9 Å². The topological polar surface area (TPSA) is 147 Å². The van der Waals surface area contributed by atoms with Crippen LogP contribution in [0.5, 0.6) is 5.88 Å². The first-order valence-corrected chi connectivity index (χ1v) is 26.1. The van der Waals surface area contributed by atoms with E-state index in [2.05, 4.69) is 35.3 Å². The summed E-state index contributed by atoms with van der Waals surface area (Å²) >= 11 is 0. The third-order valence-corrected chi connectivity index (χ3v) is 14.3. The van der Waals surface area contributed by atoms with Crippen LogP contribution in [0.15, 0.2) is 6.33 Å². The Balaban J connectivity index is 1.19. The van der Waals surface area contributed by atoms with Gasteiger partial charge in [-0.2, -0.15) is 9.97 Å². The molecule has 0 bridgehead atoms. The van der Waals surface area contributed by atoms with Gasteiger partial charge >= 0.3 is 5.97 Å². The highest BCUT2D eigenvalue weighted by atomic mass is 33.1. The molecule has 4 heterocycles. The Morgan fingerprint density at radius 2 is 1.68 bits per heavy atom. The molecule has 4 rings (SSSR count). The number of nitrogens with one attached hydrogen (secondary N) is 2. The number of nitrogens with zero attached hydrogens (tertiary/aromatic N) is 4. The first-order chi connectivity index (χ1) is 25.5. The highest BCUT2D eigenvalue weighted by molar-refractivity contribution is 8.77. The molecule has 0 aromatic carbocycles. The number of unbranched alkanes of at least 4 members (excludes halogenated alkanes) is 9. The molecular formula is C38H64N6O6S2Si. The molecule has 2 saturated heterocycles. The molecule has 0 spiro atoms. The summed E-state index contributed by atoms with van der Waals surface area (Å²) in [5.41, 5.74) is 1.21. The molecule has 53 heavy (non-hydrogen) atoms. The minimum Gasteiger partial charge on any atom is -0.476 e. The number of anilines is 1. The van der Waals surface area contributed by atoms with Gasteiger partial charge in [0, 0.05) is 51.4 Å². The van der Waals surface area contributed by atoms with E-state index >= 15 is 0 Å². The van der Waals surface area contributed by atoms with Crippen molar-refractivity contribution in [1.29, 1.82) is 0 Å². The summed E-state index contributed by atoms with van der Waals surface area (Å²) < 4.78 is 20.3. The van der Waals surface area contributed by atoms with Gasteiger partial charge in [0.2, 0.25) is 17.7 Å². The third kappa shape index (κ3) is 15.7. The smallest absolute Gasteiger partial charge is 0.306 e. The molecule has 2 aromatic heterocycles. The molecule has 1 unspecified atom stereocenters. The molecular weight excluding hydrogens is 729 g/mol. The van der Waals surface area contributed by atoms with Crippen LogP contribution in [0.25, 0.3) is 11.2 Å². The maximum atomic E-state index is 12.4. The van der Waals surface area contributed by atoms with Gasteiger partial charge in [0.15, 0.2) is 11.2 Å². The third-order valence-electron chi connectivity index (χ3n) is 9.69. The number of ketones is 1. The SMILES string of the molecule is CC[C@H]1O[C@@H](n2cnc3c(OCC[Si](C)(C)C)nc(NCCCCCCCCCCCCNC(=O)CC4CCSS4)nc32)C[C@H]1OC(=O)CCC(C)=O. The van der Waals surface area contributed by atoms with Gasteiger partial charge < -0.3 is 29.6 Å². The Hall–Kier alpha value is -2.36. The minimum absolute atomic E-state index is 0.0348. The van der Waals surface area contributed by atoms with Gasteiger partial charge in [-0.1, -0.05) is 99.5 Å². The number of Topliss-reactive ketones (excluding diaryl/α,β-unsaturated/α-hetero) is 1. The highest BCUT2D eigenvalue weighted by Crippen LogP contribution is 2.39. The van der Waals surface area contributed by atoms with Crippen molar-refractivity contribution in [3.63, 3.8) is 0 Å². The number of amides is 1. The van der Waals surface area contributed by atoms with Crippen LogP contribution in [0.3, 0.4) is 0 Å². The zero-order valence-corrected chi connectivity index (χ0v) is 35.4. The average Bonchev–Trinajstić information content (AvgIpc) is 3.87. The molecule has 2 aliphatic heterocycles. The zero-order chi connectivity index (χ0) is 38.1. The largest absolute Gasteiger partial charge is 0.476 e. The average molecular weight is 793 g/mol. The Labute approximate surface area is 325 Å². The number of esters is 1. The van der Waals surface area contributed by atoms with E-state index in [1.165, 1.54) is 57.6 Å². The second-order valence-electron chi connectivity index (χ2n) is 15.7.